The van der Waals surface area contributed by atoms with Crippen molar-refractivity contribution in [1.29, 1.82) is 0 Å². The minimum atomic E-state index is -0.185. The Hall–Kier alpha value is -1.22. The van der Waals surface area contributed by atoms with E-state index in [2.05, 4.69) is 4.98 Å². The molecule has 0 aliphatic heterocycles. The molecule has 0 bridgehead atoms. The third-order valence-electron chi connectivity index (χ3n) is 1.48. The highest BCUT2D eigenvalue weighted by Crippen LogP contribution is 2.09. The van der Waals surface area contributed by atoms with Gasteiger partial charge in [0.05, 0.1) is 0 Å². The quantitative estimate of drug-likeness (QED) is 0.644. The average molecular weight is 150 g/mol. The minimum Gasteiger partial charge on any atom is -0.324 e. The zero-order valence-corrected chi connectivity index (χ0v) is 6.10. The third-order valence-corrected chi connectivity index (χ3v) is 1.48. The topological polar surface area (TPSA) is 56.0 Å². The fourth-order valence-corrected chi connectivity index (χ4v) is 0.850. The van der Waals surface area contributed by atoms with Crippen LogP contribution in [0.2, 0.25) is 0 Å². The summed E-state index contributed by atoms with van der Waals surface area (Å²) in [6.07, 6.45) is 4.52. The second kappa shape index (κ2) is 3.83. The summed E-state index contributed by atoms with van der Waals surface area (Å²) in [4.78, 5) is 13.9. The summed E-state index contributed by atoms with van der Waals surface area (Å²) in [6, 6.07) is 3.44. The lowest BCUT2D eigenvalue weighted by Crippen LogP contribution is -2.10. The molecule has 0 amide bonds. The zero-order valence-electron chi connectivity index (χ0n) is 6.10. The van der Waals surface area contributed by atoms with E-state index in [1.54, 1.807) is 12.4 Å². The van der Waals surface area contributed by atoms with E-state index in [0.29, 0.717) is 6.42 Å². The van der Waals surface area contributed by atoms with Crippen molar-refractivity contribution in [3.05, 3.63) is 30.1 Å². The Kier molecular flexibility index (Phi) is 2.74. The number of nitrogens with two attached hydrogens (primary N) is 1. The molecule has 1 aromatic heterocycles. The number of nitrogens with zero attached hydrogens (tertiary/aromatic N) is 1. The van der Waals surface area contributed by atoms with Gasteiger partial charge in [-0.15, -0.1) is 0 Å². The maximum atomic E-state index is 10.1. The molecule has 3 nitrogen and oxygen atoms in total. The number of aromatic nitrogens is 1. The molecule has 3 heteroatoms. The van der Waals surface area contributed by atoms with Crippen molar-refractivity contribution in [2.75, 3.05) is 0 Å². The maximum absolute atomic E-state index is 10.1. The second-order valence-corrected chi connectivity index (χ2v) is 2.29. The van der Waals surface area contributed by atoms with Crippen molar-refractivity contribution in [2.45, 2.75) is 12.5 Å². The number of rotatable bonds is 3. The smallest absolute Gasteiger partial charge is 0.121 e. The minimum absolute atomic E-state index is 0.185. The van der Waals surface area contributed by atoms with Gasteiger partial charge in [0.2, 0.25) is 0 Å². The lowest BCUT2D eigenvalue weighted by atomic mass is 10.1. The van der Waals surface area contributed by atoms with Crippen LogP contribution in [0.5, 0.6) is 0 Å². The molecule has 58 valence electrons. The highest BCUT2D eigenvalue weighted by atomic mass is 16.1. The normalized spacial score (nSPS) is 12.5. The van der Waals surface area contributed by atoms with E-state index in [4.69, 9.17) is 5.73 Å². The molecule has 0 aliphatic rings. The summed E-state index contributed by atoms with van der Waals surface area (Å²) in [5.74, 6) is 0. The van der Waals surface area contributed by atoms with Crippen molar-refractivity contribution >= 4 is 6.29 Å². The average Bonchev–Trinajstić information content (AvgIpc) is 2.07. The first-order valence-corrected chi connectivity index (χ1v) is 3.43. The van der Waals surface area contributed by atoms with Gasteiger partial charge in [0.1, 0.15) is 6.29 Å². The molecule has 1 rings (SSSR count). The summed E-state index contributed by atoms with van der Waals surface area (Å²) in [6.45, 7) is 0. The molecule has 0 saturated carbocycles. The summed E-state index contributed by atoms with van der Waals surface area (Å²) >= 11 is 0. The van der Waals surface area contributed by atoms with Gasteiger partial charge in [-0.05, 0) is 17.7 Å². The fourth-order valence-electron chi connectivity index (χ4n) is 0.850. The Morgan fingerprint density at radius 1 is 1.55 bits per heavy atom. The van der Waals surface area contributed by atoms with Gasteiger partial charge in [0.25, 0.3) is 0 Å². The van der Waals surface area contributed by atoms with Crippen LogP contribution >= 0.6 is 0 Å². The number of carbonyl (C=O) groups excluding carboxylic acids is 1. The molecule has 0 saturated heterocycles. The highest BCUT2D eigenvalue weighted by molar-refractivity contribution is 5.51. The van der Waals surface area contributed by atoms with Crippen LogP contribution in [0, 0.1) is 0 Å². The van der Waals surface area contributed by atoms with E-state index in [-0.39, 0.29) is 6.04 Å². The lowest BCUT2D eigenvalue weighted by Gasteiger charge is -2.05. The molecule has 0 fully saturated rings. The van der Waals surface area contributed by atoms with Gasteiger partial charge in [-0.2, -0.15) is 0 Å². The highest BCUT2D eigenvalue weighted by Gasteiger charge is 2.02. The van der Waals surface area contributed by atoms with Crippen molar-refractivity contribution < 1.29 is 4.79 Å². The largest absolute Gasteiger partial charge is 0.324 e. The maximum Gasteiger partial charge on any atom is 0.121 e. The predicted octanol–water partition coefficient (Wildman–Crippen LogP) is 0.670. The van der Waals surface area contributed by atoms with Gasteiger partial charge in [-0.1, -0.05) is 0 Å². The fraction of sp³-hybridized carbons (Fsp3) is 0.250. The molecule has 0 aliphatic carbocycles. The van der Waals surface area contributed by atoms with Crippen molar-refractivity contribution in [3.63, 3.8) is 0 Å². The first kappa shape index (κ1) is 7.88. The molecular formula is C8H10N2O. The van der Waals surface area contributed by atoms with E-state index in [1.807, 2.05) is 12.1 Å². The molecule has 1 aromatic rings. The number of aldehydes is 1. The van der Waals surface area contributed by atoms with Crippen LogP contribution in [-0.2, 0) is 4.79 Å². The van der Waals surface area contributed by atoms with Gasteiger partial charge in [0.15, 0.2) is 0 Å². The van der Waals surface area contributed by atoms with Crippen LogP contribution in [0.1, 0.15) is 18.0 Å². The van der Waals surface area contributed by atoms with Crippen LogP contribution in [-0.4, -0.2) is 11.3 Å². The van der Waals surface area contributed by atoms with E-state index < -0.39 is 0 Å². The Morgan fingerprint density at radius 2 is 2.18 bits per heavy atom. The number of pyridine rings is 1. The van der Waals surface area contributed by atoms with Crippen molar-refractivity contribution in [2.24, 2.45) is 5.73 Å². The van der Waals surface area contributed by atoms with Crippen LogP contribution in [0.3, 0.4) is 0 Å². The van der Waals surface area contributed by atoms with E-state index in [1.165, 1.54) is 0 Å². The number of hydrogen-bond acceptors (Lipinski definition) is 3. The molecule has 0 spiro atoms. The summed E-state index contributed by atoms with van der Waals surface area (Å²) in [5, 5.41) is 0. The van der Waals surface area contributed by atoms with Gasteiger partial charge >= 0.3 is 0 Å². The van der Waals surface area contributed by atoms with Crippen LogP contribution < -0.4 is 5.73 Å². The first-order chi connectivity index (χ1) is 5.34. The summed E-state index contributed by atoms with van der Waals surface area (Å²) in [7, 11) is 0. The van der Waals surface area contributed by atoms with Crippen molar-refractivity contribution in [1.82, 2.24) is 4.98 Å². The third kappa shape index (κ3) is 2.13. The monoisotopic (exact) mass is 150 g/mol. The molecule has 2 N–H and O–H groups in total. The van der Waals surface area contributed by atoms with Gasteiger partial charge in [0, 0.05) is 24.9 Å². The van der Waals surface area contributed by atoms with Gasteiger partial charge < -0.3 is 10.5 Å². The van der Waals surface area contributed by atoms with Crippen molar-refractivity contribution in [3.8, 4) is 0 Å². The van der Waals surface area contributed by atoms with E-state index in [9.17, 15) is 4.79 Å². The lowest BCUT2D eigenvalue weighted by molar-refractivity contribution is -0.108. The molecule has 0 radical (unpaired) electrons. The van der Waals surface area contributed by atoms with Gasteiger partial charge in [-0.3, -0.25) is 4.98 Å². The Bertz CT molecular complexity index is 223. The SMILES string of the molecule is NC(CC=O)c1ccncc1. The second-order valence-electron chi connectivity index (χ2n) is 2.29. The molecule has 11 heavy (non-hydrogen) atoms. The van der Waals surface area contributed by atoms with Gasteiger partial charge in [-0.25, -0.2) is 0 Å². The number of carbonyl (C=O) groups is 1. The zero-order chi connectivity index (χ0) is 8.10. The van der Waals surface area contributed by atoms with E-state index in [0.717, 1.165) is 11.8 Å². The first-order valence-electron chi connectivity index (χ1n) is 3.43. The summed E-state index contributed by atoms with van der Waals surface area (Å²) < 4.78 is 0. The molecular weight excluding hydrogens is 140 g/mol. The standard InChI is InChI=1S/C8H10N2O/c9-8(3-6-11)7-1-4-10-5-2-7/h1-2,4-6,8H,3,9H2. The number of hydrogen-bond donors (Lipinski definition) is 1. The Morgan fingerprint density at radius 3 is 2.73 bits per heavy atom. The predicted molar refractivity (Wildman–Crippen MR) is 41.8 cm³/mol. The Labute approximate surface area is 65.2 Å². The molecule has 0 aromatic carbocycles. The molecule has 1 unspecified atom stereocenters. The molecule has 1 atom stereocenters. The van der Waals surface area contributed by atoms with Crippen LogP contribution in [0.15, 0.2) is 24.5 Å². The van der Waals surface area contributed by atoms with Crippen LogP contribution in [0.4, 0.5) is 0 Å². The van der Waals surface area contributed by atoms with Crippen LogP contribution in [0.25, 0.3) is 0 Å². The Balaban J connectivity index is 2.68. The van der Waals surface area contributed by atoms with E-state index >= 15 is 0 Å². The summed E-state index contributed by atoms with van der Waals surface area (Å²) in [5.41, 5.74) is 6.60. The molecule has 1 heterocycles.